The summed E-state index contributed by atoms with van der Waals surface area (Å²) in [6.45, 7) is 8.58. The third-order valence-electron chi connectivity index (χ3n) is 11.9. The number of Topliss-reactive ketones (excluding diaryl/α,β-unsaturated/α-hetero) is 1. The zero-order chi connectivity index (χ0) is 24.4. The van der Waals surface area contributed by atoms with Gasteiger partial charge >= 0.3 is 6.09 Å². The second-order valence-corrected chi connectivity index (χ2v) is 13.7. The van der Waals surface area contributed by atoms with Crippen LogP contribution < -0.4 is 0 Å². The molecule has 0 aromatic carbocycles. The lowest BCUT2D eigenvalue weighted by Crippen LogP contribution is -2.56. The number of likely N-dealkylation sites (tertiary alicyclic amines) is 1. The van der Waals surface area contributed by atoms with Crippen molar-refractivity contribution in [3.63, 3.8) is 0 Å². The summed E-state index contributed by atoms with van der Waals surface area (Å²) in [7, 11) is 0. The van der Waals surface area contributed by atoms with Gasteiger partial charge < -0.3 is 19.6 Å². The Morgan fingerprint density at radius 2 is 1.77 bits per heavy atom. The van der Waals surface area contributed by atoms with Gasteiger partial charge in [-0.2, -0.15) is 0 Å². The average molecular weight is 487 g/mol. The van der Waals surface area contributed by atoms with E-state index in [4.69, 9.17) is 4.74 Å². The molecule has 35 heavy (non-hydrogen) atoms. The van der Waals surface area contributed by atoms with Crippen molar-refractivity contribution >= 4 is 11.9 Å². The van der Waals surface area contributed by atoms with Crippen molar-refractivity contribution in [3.8, 4) is 0 Å². The Hall–Kier alpha value is -1.14. The summed E-state index contributed by atoms with van der Waals surface area (Å²) in [4.78, 5) is 29.7. The number of β-amino-alcohol motifs (C(OH)–C–C–N with tert-alkyl or cyclic N) is 1. The topological polar surface area (TPSA) is 70.1 Å². The van der Waals surface area contributed by atoms with Gasteiger partial charge in [0, 0.05) is 18.4 Å². The van der Waals surface area contributed by atoms with Crippen molar-refractivity contribution in [1.82, 2.24) is 9.80 Å². The molecular weight excluding hydrogens is 440 g/mol. The van der Waals surface area contributed by atoms with Gasteiger partial charge in [0.25, 0.3) is 0 Å². The highest BCUT2D eigenvalue weighted by molar-refractivity contribution is 5.87. The fraction of sp³-hybridized carbons (Fsp3) is 0.931. The van der Waals surface area contributed by atoms with Crippen LogP contribution in [0.2, 0.25) is 0 Å². The molecule has 6 heteroatoms. The third-order valence-corrected chi connectivity index (χ3v) is 11.9. The van der Waals surface area contributed by atoms with Crippen LogP contribution in [0, 0.1) is 34.5 Å². The number of hydrogen-bond donors (Lipinski definition) is 1. The first kappa shape index (κ1) is 24.2. The maximum atomic E-state index is 12.9. The maximum Gasteiger partial charge on any atom is 0.410 e. The molecule has 6 fully saturated rings. The van der Waals surface area contributed by atoms with Gasteiger partial charge in [0.15, 0.2) is 0 Å². The Kier molecular flexibility index (Phi) is 6.03. The van der Waals surface area contributed by atoms with Gasteiger partial charge in [-0.1, -0.05) is 20.3 Å². The monoisotopic (exact) mass is 486 g/mol. The van der Waals surface area contributed by atoms with Crippen molar-refractivity contribution < 1.29 is 19.4 Å². The molecule has 4 aliphatic carbocycles. The fourth-order valence-electron chi connectivity index (χ4n) is 9.90. The van der Waals surface area contributed by atoms with Crippen molar-refractivity contribution in [2.45, 2.75) is 103 Å². The van der Waals surface area contributed by atoms with E-state index in [9.17, 15) is 14.7 Å². The smallest absolute Gasteiger partial charge is 0.410 e. The molecule has 6 aliphatic rings. The molecule has 6 rings (SSSR count). The number of aliphatic hydroxyl groups is 1. The van der Waals surface area contributed by atoms with E-state index in [0.29, 0.717) is 54.5 Å². The first-order valence-electron chi connectivity index (χ1n) is 14.6. The number of piperidine rings is 1. The zero-order valence-corrected chi connectivity index (χ0v) is 22.0. The second-order valence-electron chi connectivity index (χ2n) is 13.7. The van der Waals surface area contributed by atoms with E-state index < -0.39 is 6.10 Å². The van der Waals surface area contributed by atoms with Gasteiger partial charge in [-0.05, 0) is 106 Å². The van der Waals surface area contributed by atoms with Crippen LogP contribution in [0.5, 0.6) is 0 Å². The lowest BCUT2D eigenvalue weighted by Gasteiger charge is -2.61. The highest BCUT2D eigenvalue weighted by Crippen LogP contribution is 2.66. The average Bonchev–Trinajstić information content (AvgIpc) is 3.30. The number of aliphatic hydroxyl groups excluding tert-OH is 1. The van der Waals surface area contributed by atoms with Gasteiger partial charge in [0.05, 0.1) is 19.2 Å². The Morgan fingerprint density at radius 3 is 2.57 bits per heavy atom. The van der Waals surface area contributed by atoms with Crippen LogP contribution in [0.1, 0.15) is 90.9 Å². The minimum absolute atomic E-state index is 0.0588. The number of hydrogen-bond acceptors (Lipinski definition) is 5. The number of rotatable bonds is 4. The van der Waals surface area contributed by atoms with Crippen molar-refractivity contribution in [2.24, 2.45) is 34.5 Å². The molecule has 2 aliphatic heterocycles. The molecule has 0 bridgehead atoms. The number of ether oxygens (including phenoxy) is 1. The van der Waals surface area contributed by atoms with Crippen LogP contribution in [0.15, 0.2) is 0 Å². The second kappa shape index (κ2) is 8.72. The van der Waals surface area contributed by atoms with Crippen molar-refractivity contribution in [1.29, 1.82) is 0 Å². The van der Waals surface area contributed by atoms with Crippen LogP contribution >= 0.6 is 0 Å². The summed E-state index contributed by atoms with van der Waals surface area (Å²) in [5.74, 6) is 3.11. The number of carbonyl (C=O) groups excluding carboxylic acids is 2. The van der Waals surface area contributed by atoms with E-state index in [-0.39, 0.29) is 17.1 Å². The molecule has 0 aromatic rings. The summed E-state index contributed by atoms with van der Waals surface area (Å²) in [5.41, 5.74) is -0.128. The molecule has 1 N–H and O–H groups in total. The summed E-state index contributed by atoms with van der Waals surface area (Å²) >= 11 is 0. The molecule has 0 radical (unpaired) electrons. The predicted octanol–water partition coefficient (Wildman–Crippen LogP) is 4.64. The molecule has 4 saturated carbocycles. The highest BCUT2D eigenvalue weighted by Gasteiger charge is 2.63. The highest BCUT2D eigenvalue weighted by atomic mass is 16.6. The quantitative estimate of drug-likeness (QED) is 0.627. The van der Waals surface area contributed by atoms with Gasteiger partial charge in [-0.25, -0.2) is 4.79 Å². The SMILES string of the molecule is C[C@]12CC[C@@]3(C[C@@H]1CC[C@@H]1[C@@H]2CC[C@]2(C)C(=O)CC[C@@H]12)CN(CC(O)CN1CCCCC1)C(=O)O3. The van der Waals surface area contributed by atoms with E-state index in [0.717, 1.165) is 51.6 Å². The van der Waals surface area contributed by atoms with Crippen LogP contribution in [0.4, 0.5) is 4.79 Å². The summed E-state index contributed by atoms with van der Waals surface area (Å²) in [5, 5.41) is 10.7. The number of amides is 1. The van der Waals surface area contributed by atoms with Gasteiger partial charge in [-0.3, -0.25) is 4.79 Å². The van der Waals surface area contributed by atoms with Crippen molar-refractivity contribution in [2.75, 3.05) is 32.7 Å². The number of nitrogens with zero attached hydrogens (tertiary/aromatic N) is 2. The zero-order valence-electron chi connectivity index (χ0n) is 22.0. The van der Waals surface area contributed by atoms with Crippen LogP contribution in [0.3, 0.4) is 0 Å². The van der Waals surface area contributed by atoms with E-state index in [1.165, 1.54) is 38.5 Å². The minimum atomic E-state index is -0.509. The molecule has 8 atom stereocenters. The number of carbonyl (C=O) groups is 2. The Bertz CT molecular complexity index is 858. The Morgan fingerprint density at radius 1 is 0.971 bits per heavy atom. The molecule has 196 valence electrons. The van der Waals surface area contributed by atoms with E-state index >= 15 is 0 Å². The minimum Gasteiger partial charge on any atom is -0.441 e. The standard InChI is InChI=1S/C29H46N2O4/c1-27-12-13-29(19-31(26(34)35-29)18-21(32)17-30-14-4-3-5-15-30)16-20(27)6-7-22-23-8-9-25(33)28(23,2)11-10-24(22)27/h20-24,32H,3-19H2,1-2H3/t20-,21?,22-,23-,24-,27-,28-,29+/m0/s1. The molecule has 1 unspecified atom stereocenters. The van der Waals surface area contributed by atoms with E-state index in [2.05, 4.69) is 18.7 Å². The van der Waals surface area contributed by atoms with Gasteiger partial charge in [0.2, 0.25) is 0 Å². The van der Waals surface area contributed by atoms with E-state index in [1.807, 2.05) is 0 Å². The summed E-state index contributed by atoms with van der Waals surface area (Å²) in [6.07, 6.45) is 12.6. The van der Waals surface area contributed by atoms with Crippen LogP contribution in [-0.4, -0.2) is 71.2 Å². The molecule has 2 saturated heterocycles. The largest absolute Gasteiger partial charge is 0.441 e. The first-order chi connectivity index (χ1) is 16.7. The summed E-state index contributed by atoms with van der Waals surface area (Å²) < 4.78 is 6.14. The molecule has 1 amide bonds. The fourth-order valence-corrected chi connectivity index (χ4v) is 9.90. The molecule has 6 nitrogen and oxygen atoms in total. The van der Waals surface area contributed by atoms with Crippen LogP contribution in [0.25, 0.3) is 0 Å². The first-order valence-corrected chi connectivity index (χ1v) is 14.6. The number of ketones is 1. The Balaban J connectivity index is 1.10. The van der Waals surface area contributed by atoms with E-state index in [1.54, 1.807) is 4.90 Å². The van der Waals surface area contributed by atoms with Crippen molar-refractivity contribution in [3.05, 3.63) is 0 Å². The molecule has 1 spiro atoms. The van der Waals surface area contributed by atoms with Crippen LogP contribution in [-0.2, 0) is 9.53 Å². The third kappa shape index (κ3) is 3.96. The summed E-state index contributed by atoms with van der Waals surface area (Å²) in [6, 6.07) is 0. The Labute approximate surface area is 211 Å². The molecule has 2 heterocycles. The lowest BCUT2D eigenvalue weighted by molar-refractivity contribution is -0.149. The van der Waals surface area contributed by atoms with Gasteiger partial charge in [-0.15, -0.1) is 0 Å². The predicted molar refractivity (Wildman–Crippen MR) is 134 cm³/mol. The van der Waals surface area contributed by atoms with Gasteiger partial charge in [0.1, 0.15) is 11.4 Å². The molecule has 0 aromatic heterocycles. The lowest BCUT2D eigenvalue weighted by atomic mass is 9.44. The maximum absolute atomic E-state index is 12.9. The number of fused-ring (bicyclic) bond motifs is 5. The normalized spacial score (nSPS) is 46.8. The molecular formula is C29H46N2O4.